The summed E-state index contributed by atoms with van der Waals surface area (Å²) in [7, 11) is 1.75. The summed E-state index contributed by atoms with van der Waals surface area (Å²) in [5.74, 6) is 0.703. The minimum absolute atomic E-state index is 0.0237. The Balaban J connectivity index is 3.58. The van der Waals surface area contributed by atoms with E-state index in [2.05, 4.69) is 6.58 Å². The SMILES string of the molecule is C=CC(=O)N(C)CSC. The average Bonchev–Trinajstić information content (AvgIpc) is 1.87. The lowest BCUT2D eigenvalue weighted by atomic mass is 10.5. The molecule has 0 aromatic carbocycles. The highest BCUT2D eigenvalue weighted by Gasteiger charge is 1.99. The van der Waals surface area contributed by atoms with E-state index in [9.17, 15) is 4.79 Å². The Hall–Kier alpha value is -0.440. The molecule has 0 aromatic rings. The van der Waals surface area contributed by atoms with Crippen molar-refractivity contribution >= 4 is 17.7 Å². The van der Waals surface area contributed by atoms with E-state index in [1.807, 2.05) is 6.26 Å². The summed E-state index contributed by atoms with van der Waals surface area (Å²) in [5.41, 5.74) is 0. The highest BCUT2D eigenvalue weighted by Crippen LogP contribution is 1.95. The second-order valence-corrected chi connectivity index (χ2v) is 2.49. The predicted molar refractivity (Wildman–Crippen MR) is 41.3 cm³/mol. The van der Waals surface area contributed by atoms with Gasteiger partial charge in [0.25, 0.3) is 0 Å². The van der Waals surface area contributed by atoms with Crippen molar-refractivity contribution in [1.29, 1.82) is 0 Å². The van der Waals surface area contributed by atoms with E-state index in [0.717, 1.165) is 5.88 Å². The van der Waals surface area contributed by atoms with Gasteiger partial charge < -0.3 is 4.90 Å². The molecular formula is C6H11NOS. The minimum atomic E-state index is -0.0237. The molecule has 52 valence electrons. The lowest BCUT2D eigenvalue weighted by Crippen LogP contribution is -2.23. The van der Waals surface area contributed by atoms with Crippen LogP contribution in [0.4, 0.5) is 0 Å². The molecule has 0 heterocycles. The summed E-state index contributed by atoms with van der Waals surface area (Å²) in [6.07, 6.45) is 3.27. The maximum Gasteiger partial charge on any atom is 0.246 e. The van der Waals surface area contributed by atoms with Crippen LogP contribution in [0.1, 0.15) is 0 Å². The quantitative estimate of drug-likeness (QED) is 0.435. The number of likely N-dealkylation sites (N-methyl/N-ethyl adjacent to an activating group) is 1. The van der Waals surface area contributed by atoms with Crippen LogP contribution in [0.2, 0.25) is 0 Å². The van der Waals surface area contributed by atoms with Crippen LogP contribution in [-0.4, -0.2) is 30.0 Å². The van der Waals surface area contributed by atoms with Gasteiger partial charge in [-0.2, -0.15) is 0 Å². The molecule has 9 heavy (non-hydrogen) atoms. The van der Waals surface area contributed by atoms with Crippen LogP contribution in [0.3, 0.4) is 0 Å². The van der Waals surface area contributed by atoms with Gasteiger partial charge in [0.05, 0.1) is 5.88 Å². The van der Waals surface area contributed by atoms with Gasteiger partial charge in [0.2, 0.25) is 5.91 Å². The largest absolute Gasteiger partial charge is 0.333 e. The monoisotopic (exact) mass is 145 g/mol. The van der Waals surface area contributed by atoms with Gasteiger partial charge in [-0.15, -0.1) is 11.8 Å². The number of nitrogens with zero attached hydrogens (tertiary/aromatic N) is 1. The van der Waals surface area contributed by atoms with Gasteiger partial charge >= 0.3 is 0 Å². The topological polar surface area (TPSA) is 20.3 Å². The normalized spacial score (nSPS) is 8.67. The molecule has 0 saturated carbocycles. The van der Waals surface area contributed by atoms with Crippen LogP contribution < -0.4 is 0 Å². The summed E-state index contributed by atoms with van der Waals surface area (Å²) in [6.45, 7) is 3.36. The number of hydrogen-bond donors (Lipinski definition) is 0. The number of carbonyl (C=O) groups is 1. The minimum Gasteiger partial charge on any atom is -0.333 e. The molecule has 0 aliphatic heterocycles. The zero-order chi connectivity index (χ0) is 7.28. The molecule has 0 rings (SSSR count). The number of rotatable bonds is 3. The lowest BCUT2D eigenvalue weighted by Gasteiger charge is -2.11. The molecule has 0 aliphatic carbocycles. The van der Waals surface area contributed by atoms with Crippen LogP contribution in [-0.2, 0) is 4.79 Å². The van der Waals surface area contributed by atoms with Gasteiger partial charge in [-0.1, -0.05) is 6.58 Å². The Bertz CT molecular complexity index is 114. The molecule has 0 radical (unpaired) electrons. The molecular weight excluding hydrogens is 134 g/mol. The Morgan fingerprint density at radius 3 is 2.78 bits per heavy atom. The molecule has 0 aliphatic rings. The molecule has 0 spiro atoms. The van der Waals surface area contributed by atoms with Crippen LogP contribution in [0.15, 0.2) is 12.7 Å². The zero-order valence-corrected chi connectivity index (χ0v) is 6.57. The molecule has 0 N–H and O–H groups in total. The number of carbonyl (C=O) groups excluding carboxylic acids is 1. The summed E-state index contributed by atoms with van der Waals surface area (Å²) in [6, 6.07) is 0. The molecule has 0 unspecified atom stereocenters. The Morgan fingerprint density at radius 1 is 1.89 bits per heavy atom. The fraction of sp³-hybridized carbons (Fsp3) is 0.500. The van der Waals surface area contributed by atoms with E-state index in [1.165, 1.54) is 6.08 Å². The first kappa shape index (κ1) is 8.56. The van der Waals surface area contributed by atoms with Crippen molar-refractivity contribution in [1.82, 2.24) is 4.90 Å². The Morgan fingerprint density at radius 2 is 2.44 bits per heavy atom. The summed E-state index contributed by atoms with van der Waals surface area (Å²) < 4.78 is 0. The molecule has 0 aromatic heterocycles. The smallest absolute Gasteiger partial charge is 0.246 e. The highest BCUT2D eigenvalue weighted by molar-refractivity contribution is 7.98. The van der Waals surface area contributed by atoms with Gasteiger partial charge in [0.1, 0.15) is 0 Å². The number of thioether (sulfide) groups is 1. The number of hydrogen-bond acceptors (Lipinski definition) is 2. The summed E-state index contributed by atoms with van der Waals surface area (Å²) in [5, 5.41) is 0. The first-order chi connectivity index (χ1) is 4.22. The van der Waals surface area contributed by atoms with E-state index >= 15 is 0 Å². The molecule has 3 heteroatoms. The Labute approximate surface area is 59.9 Å². The predicted octanol–water partition coefficient (Wildman–Crippen LogP) is 0.951. The van der Waals surface area contributed by atoms with Crippen molar-refractivity contribution in [3.8, 4) is 0 Å². The molecule has 0 atom stereocenters. The highest BCUT2D eigenvalue weighted by atomic mass is 32.2. The lowest BCUT2D eigenvalue weighted by molar-refractivity contribution is -0.123. The van der Waals surface area contributed by atoms with Crippen molar-refractivity contribution in [3.05, 3.63) is 12.7 Å². The molecule has 0 bridgehead atoms. The van der Waals surface area contributed by atoms with Crippen LogP contribution in [0.5, 0.6) is 0 Å². The average molecular weight is 145 g/mol. The zero-order valence-electron chi connectivity index (χ0n) is 5.76. The second-order valence-electron chi connectivity index (χ2n) is 1.66. The van der Waals surface area contributed by atoms with Gasteiger partial charge in [-0.05, 0) is 12.3 Å². The van der Waals surface area contributed by atoms with Crippen molar-refractivity contribution in [3.63, 3.8) is 0 Å². The van der Waals surface area contributed by atoms with Gasteiger partial charge in [-0.3, -0.25) is 4.79 Å². The van der Waals surface area contributed by atoms with Gasteiger partial charge in [0, 0.05) is 7.05 Å². The van der Waals surface area contributed by atoms with Crippen molar-refractivity contribution in [2.75, 3.05) is 19.2 Å². The molecule has 0 saturated heterocycles. The molecule has 0 fully saturated rings. The molecule has 2 nitrogen and oxygen atoms in total. The van der Waals surface area contributed by atoms with Crippen molar-refractivity contribution in [2.24, 2.45) is 0 Å². The van der Waals surface area contributed by atoms with Crippen LogP contribution >= 0.6 is 11.8 Å². The number of amides is 1. The summed E-state index contributed by atoms with van der Waals surface area (Å²) in [4.78, 5) is 12.3. The van der Waals surface area contributed by atoms with Gasteiger partial charge in [-0.25, -0.2) is 0 Å². The first-order valence-electron chi connectivity index (χ1n) is 2.59. The third kappa shape index (κ3) is 3.19. The van der Waals surface area contributed by atoms with Crippen molar-refractivity contribution < 1.29 is 4.79 Å². The third-order valence-electron chi connectivity index (χ3n) is 0.874. The van der Waals surface area contributed by atoms with Crippen molar-refractivity contribution in [2.45, 2.75) is 0 Å². The fourth-order valence-electron chi connectivity index (χ4n) is 0.413. The fourth-order valence-corrected chi connectivity index (χ4v) is 0.928. The van der Waals surface area contributed by atoms with Crippen LogP contribution in [0, 0.1) is 0 Å². The Kier molecular flexibility index (Phi) is 4.22. The standard InChI is InChI=1S/C6H11NOS/c1-4-6(8)7(2)5-9-3/h4H,1,5H2,2-3H3. The van der Waals surface area contributed by atoms with E-state index in [-0.39, 0.29) is 5.91 Å². The van der Waals surface area contributed by atoms with E-state index in [1.54, 1.807) is 23.7 Å². The maximum absolute atomic E-state index is 10.7. The second kappa shape index (κ2) is 4.44. The third-order valence-corrected chi connectivity index (χ3v) is 1.52. The van der Waals surface area contributed by atoms with E-state index in [4.69, 9.17) is 0 Å². The van der Waals surface area contributed by atoms with Crippen LogP contribution in [0.25, 0.3) is 0 Å². The summed E-state index contributed by atoms with van der Waals surface area (Å²) >= 11 is 1.61. The van der Waals surface area contributed by atoms with E-state index < -0.39 is 0 Å². The molecule has 1 amide bonds. The first-order valence-corrected chi connectivity index (χ1v) is 3.98. The maximum atomic E-state index is 10.7. The van der Waals surface area contributed by atoms with Gasteiger partial charge in [0.15, 0.2) is 0 Å². The van der Waals surface area contributed by atoms with E-state index in [0.29, 0.717) is 0 Å².